The van der Waals surface area contributed by atoms with Crippen molar-refractivity contribution in [3.8, 4) is 5.75 Å². The number of hydrogen-bond donors (Lipinski definition) is 2. The van der Waals surface area contributed by atoms with Gasteiger partial charge in [0.15, 0.2) is 0 Å². The van der Waals surface area contributed by atoms with Gasteiger partial charge in [-0.25, -0.2) is 4.39 Å². The molecule has 1 aromatic rings. The van der Waals surface area contributed by atoms with Crippen LogP contribution in [-0.4, -0.2) is 25.4 Å². The van der Waals surface area contributed by atoms with E-state index in [4.69, 9.17) is 9.84 Å². The van der Waals surface area contributed by atoms with Crippen molar-refractivity contribution in [2.45, 2.75) is 13.0 Å². The molecule has 0 aliphatic heterocycles. The molecule has 0 saturated heterocycles. The molecule has 1 aromatic carbocycles. The summed E-state index contributed by atoms with van der Waals surface area (Å²) in [6.45, 7) is 1.95. The number of aliphatic hydroxyl groups excluding tert-OH is 1. The van der Waals surface area contributed by atoms with Crippen LogP contribution in [-0.2, 0) is 0 Å². The maximum Gasteiger partial charge on any atom is 0.131 e. The zero-order chi connectivity index (χ0) is 11.3. The second-order valence-corrected chi connectivity index (χ2v) is 3.23. The van der Waals surface area contributed by atoms with Crippen LogP contribution >= 0.6 is 0 Å². The predicted molar refractivity (Wildman–Crippen MR) is 56.5 cm³/mol. The van der Waals surface area contributed by atoms with Gasteiger partial charge in [-0.2, -0.15) is 0 Å². The van der Waals surface area contributed by atoms with Gasteiger partial charge in [0.1, 0.15) is 18.2 Å². The number of ether oxygens (including phenoxy) is 1. The molecule has 4 heteroatoms. The van der Waals surface area contributed by atoms with Crippen LogP contribution in [0.5, 0.6) is 5.75 Å². The minimum Gasteiger partial charge on any atom is -0.491 e. The lowest BCUT2D eigenvalue weighted by Gasteiger charge is -2.16. The molecule has 0 bridgehead atoms. The van der Waals surface area contributed by atoms with Gasteiger partial charge in [0.05, 0.1) is 6.61 Å². The van der Waals surface area contributed by atoms with Crippen molar-refractivity contribution in [3.63, 3.8) is 0 Å². The second-order valence-electron chi connectivity index (χ2n) is 3.23. The van der Waals surface area contributed by atoms with Crippen LogP contribution in [0.1, 0.15) is 18.5 Å². The van der Waals surface area contributed by atoms with Gasteiger partial charge in [0, 0.05) is 11.6 Å². The van der Waals surface area contributed by atoms with Crippen LogP contribution < -0.4 is 10.1 Å². The van der Waals surface area contributed by atoms with Crippen molar-refractivity contribution in [3.05, 3.63) is 29.6 Å². The standard InChI is InChI=1S/C11H16FNO2/c1-8(13-2)11-9(12)4-3-5-10(11)15-7-6-14/h3-5,8,13-14H,6-7H2,1-2H3. The second kappa shape index (κ2) is 5.68. The lowest BCUT2D eigenvalue weighted by Crippen LogP contribution is -2.16. The third kappa shape index (κ3) is 2.91. The van der Waals surface area contributed by atoms with E-state index in [0.29, 0.717) is 11.3 Å². The quantitative estimate of drug-likeness (QED) is 0.778. The van der Waals surface area contributed by atoms with Gasteiger partial charge in [0.25, 0.3) is 0 Å². The lowest BCUT2D eigenvalue weighted by molar-refractivity contribution is 0.199. The molecular weight excluding hydrogens is 197 g/mol. The third-order valence-corrected chi connectivity index (χ3v) is 2.23. The third-order valence-electron chi connectivity index (χ3n) is 2.23. The summed E-state index contributed by atoms with van der Waals surface area (Å²) in [6, 6.07) is 4.56. The number of nitrogens with one attached hydrogen (secondary N) is 1. The molecule has 0 radical (unpaired) electrons. The highest BCUT2D eigenvalue weighted by molar-refractivity contribution is 5.36. The molecule has 0 heterocycles. The molecule has 0 amide bonds. The summed E-state index contributed by atoms with van der Waals surface area (Å²) >= 11 is 0. The Balaban J connectivity index is 2.97. The van der Waals surface area contributed by atoms with Crippen LogP contribution in [0.25, 0.3) is 0 Å². The van der Waals surface area contributed by atoms with Crippen molar-refractivity contribution in [2.75, 3.05) is 20.3 Å². The lowest BCUT2D eigenvalue weighted by atomic mass is 10.1. The first-order chi connectivity index (χ1) is 7.20. The molecule has 1 unspecified atom stereocenters. The van der Waals surface area contributed by atoms with Gasteiger partial charge in [-0.3, -0.25) is 0 Å². The monoisotopic (exact) mass is 213 g/mol. The zero-order valence-electron chi connectivity index (χ0n) is 8.96. The molecule has 0 aliphatic carbocycles. The highest BCUT2D eigenvalue weighted by Gasteiger charge is 2.14. The fourth-order valence-corrected chi connectivity index (χ4v) is 1.36. The van der Waals surface area contributed by atoms with Gasteiger partial charge < -0.3 is 15.2 Å². The Morgan fingerprint density at radius 2 is 2.27 bits per heavy atom. The molecular formula is C11H16FNO2. The number of hydrogen-bond acceptors (Lipinski definition) is 3. The van der Waals surface area contributed by atoms with Crippen molar-refractivity contribution in [2.24, 2.45) is 0 Å². The predicted octanol–water partition coefficient (Wildman–Crippen LogP) is 1.48. The minimum absolute atomic E-state index is 0.0795. The van der Waals surface area contributed by atoms with Crippen LogP contribution in [0, 0.1) is 5.82 Å². The van der Waals surface area contributed by atoms with Crippen LogP contribution in [0.3, 0.4) is 0 Å². The average Bonchev–Trinajstić information content (AvgIpc) is 2.25. The highest BCUT2D eigenvalue weighted by atomic mass is 19.1. The van der Waals surface area contributed by atoms with E-state index in [2.05, 4.69) is 5.32 Å². The van der Waals surface area contributed by atoms with E-state index >= 15 is 0 Å². The van der Waals surface area contributed by atoms with E-state index in [0.717, 1.165) is 0 Å². The maximum atomic E-state index is 13.5. The Labute approximate surface area is 88.9 Å². The first-order valence-electron chi connectivity index (χ1n) is 4.90. The number of halogens is 1. The summed E-state index contributed by atoms with van der Waals surface area (Å²) in [5.41, 5.74) is 0.494. The van der Waals surface area contributed by atoms with Gasteiger partial charge in [-0.05, 0) is 26.1 Å². The van der Waals surface area contributed by atoms with Gasteiger partial charge in [0.2, 0.25) is 0 Å². The van der Waals surface area contributed by atoms with E-state index in [1.54, 1.807) is 19.2 Å². The molecule has 2 N–H and O–H groups in total. The summed E-state index contributed by atoms with van der Waals surface area (Å²) in [5, 5.41) is 11.6. The van der Waals surface area contributed by atoms with Crippen molar-refractivity contribution in [1.82, 2.24) is 5.32 Å². The Bertz CT molecular complexity index is 317. The number of benzene rings is 1. The summed E-state index contributed by atoms with van der Waals surface area (Å²) in [6.07, 6.45) is 0. The highest BCUT2D eigenvalue weighted by Crippen LogP contribution is 2.27. The molecule has 1 rings (SSSR count). The molecule has 15 heavy (non-hydrogen) atoms. The first-order valence-corrected chi connectivity index (χ1v) is 4.90. The zero-order valence-corrected chi connectivity index (χ0v) is 8.96. The molecule has 0 aromatic heterocycles. The topological polar surface area (TPSA) is 41.5 Å². The average molecular weight is 213 g/mol. The Morgan fingerprint density at radius 3 is 2.87 bits per heavy atom. The van der Waals surface area contributed by atoms with E-state index in [9.17, 15) is 4.39 Å². The number of aliphatic hydroxyl groups is 1. The Hall–Kier alpha value is -1.13. The van der Waals surface area contributed by atoms with Crippen molar-refractivity contribution in [1.29, 1.82) is 0 Å². The molecule has 84 valence electrons. The molecule has 1 atom stereocenters. The van der Waals surface area contributed by atoms with Gasteiger partial charge in [-0.15, -0.1) is 0 Å². The van der Waals surface area contributed by atoms with Crippen LogP contribution in [0.2, 0.25) is 0 Å². The summed E-state index contributed by atoms with van der Waals surface area (Å²) in [5.74, 6) is 0.179. The largest absolute Gasteiger partial charge is 0.491 e. The first kappa shape index (κ1) is 11.9. The Kier molecular flexibility index (Phi) is 4.52. The molecule has 3 nitrogen and oxygen atoms in total. The van der Waals surface area contributed by atoms with Gasteiger partial charge >= 0.3 is 0 Å². The molecule has 0 aliphatic rings. The SMILES string of the molecule is CNC(C)c1c(F)cccc1OCCO. The summed E-state index contributed by atoms with van der Waals surface area (Å²) in [4.78, 5) is 0. The van der Waals surface area contributed by atoms with E-state index in [1.165, 1.54) is 6.07 Å². The smallest absolute Gasteiger partial charge is 0.131 e. The summed E-state index contributed by atoms with van der Waals surface area (Å²) < 4.78 is 18.8. The minimum atomic E-state index is -0.299. The van der Waals surface area contributed by atoms with E-state index < -0.39 is 0 Å². The maximum absolute atomic E-state index is 13.5. The molecule has 0 saturated carbocycles. The normalized spacial score (nSPS) is 12.5. The van der Waals surface area contributed by atoms with Crippen LogP contribution in [0.15, 0.2) is 18.2 Å². The van der Waals surface area contributed by atoms with Crippen molar-refractivity contribution >= 4 is 0 Å². The fourth-order valence-electron chi connectivity index (χ4n) is 1.36. The van der Waals surface area contributed by atoms with Crippen LogP contribution in [0.4, 0.5) is 4.39 Å². The van der Waals surface area contributed by atoms with E-state index in [1.807, 2.05) is 6.92 Å². The fraction of sp³-hybridized carbons (Fsp3) is 0.455. The van der Waals surface area contributed by atoms with E-state index in [-0.39, 0.29) is 25.1 Å². The Morgan fingerprint density at radius 1 is 1.53 bits per heavy atom. The molecule has 0 spiro atoms. The number of rotatable bonds is 5. The summed E-state index contributed by atoms with van der Waals surface area (Å²) in [7, 11) is 1.76. The molecule has 0 fully saturated rings. The van der Waals surface area contributed by atoms with Gasteiger partial charge in [-0.1, -0.05) is 6.07 Å². The van der Waals surface area contributed by atoms with Crippen molar-refractivity contribution < 1.29 is 14.2 Å².